The van der Waals surface area contributed by atoms with Crippen LogP contribution in [-0.2, 0) is 4.79 Å². The van der Waals surface area contributed by atoms with Crippen LogP contribution in [-0.4, -0.2) is 17.5 Å². The zero-order valence-corrected chi connectivity index (χ0v) is 12.5. The van der Waals surface area contributed by atoms with Gasteiger partial charge in [-0.05, 0) is 38.0 Å². The number of anilines is 2. The van der Waals surface area contributed by atoms with Gasteiger partial charge in [0.2, 0.25) is 0 Å². The third kappa shape index (κ3) is 3.48. The molecule has 20 heavy (non-hydrogen) atoms. The molecule has 6 heteroatoms. The van der Waals surface area contributed by atoms with Gasteiger partial charge in [-0.3, -0.25) is 10.1 Å². The Labute approximate surface area is 121 Å². The van der Waals surface area contributed by atoms with Crippen molar-refractivity contribution in [3.05, 3.63) is 35.0 Å². The first-order valence-corrected chi connectivity index (χ1v) is 7.00. The number of rotatable bonds is 4. The van der Waals surface area contributed by atoms with E-state index in [0.717, 1.165) is 22.6 Å². The molecule has 0 saturated carbocycles. The Kier molecular flexibility index (Phi) is 4.24. The van der Waals surface area contributed by atoms with Crippen LogP contribution >= 0.6 is 11.3 Å². The second-order valence-electron chi connectivity index (χ2n) is 4.57. The Morgan fingerprint density at radius 1 is 1.40 bits per heavy atom. The lowest BCUT2D eigenvalue weighted by atomic mass is 10.1. The first kappa shape index (κ1) is 14.3. The van der Waals surface area contributed by atoms with E-state index in [1.165, 1.54) is 11.3 Å². The van der Waals surface area contributed by atoms with E-state index < -0.39 is 0 Å². The van der Waals surface area contributed by atoms with Crippen LogP contribution in [0.25, 0.3) is 0 Å². The number of ether oxygens (including phenoxy) is 1. The highest BCUT2D eigenvalue weighted by Gasteiger charge is 2.09. The summed E-state index contributed by atoms with van der Waals surface area (Å²) in [6.45, 7) is 5.67. The second kappa shape index (κ2) is 5.92. The summed E-state index contributed by atoms with van der Waals surface area (Å²) >= 11 is 1.25. The minimum absolute atomic E-state index is 0.0528. The summed E-state index contributed by atoms with van der Waals surface area (Å²) in [5.74, 6) is 0.467. The quantitative estimate of drug-likeness (QED) is 0.908. The fraction of sp³-hybridized carbons (Fsp3) is 0.286. The number of carbonyl (C=O) groups excluding carboxylic acids is 1. The van der Waals surface area contributed by atoms with E-state index in [1.807, 2.05) is 32.0 Å². The number of nitrogens with one attached hydrogen (secondary N) is 1. The van der Waals surface area contributed by atoms with Crippen LogP contribution in [0.5, 0.6) is 5.75 Å². The van der Waals surface area contributed by atoms with Crippen molar-refractivity contribution in [2.45, 2.75) is 20.8 Å². The highest BCUT2D eigenvalue weighted by atomic mass is 32.1. The summed E-state index contributed by atoms with van der Waals surface area (Å²) in [5, 5.41) is 3.77. The smallest absolute Gasteiger partial charge is 0.264 e. The summed E-state index contributed by atoms with van der Waals surface area (Å²) in [7, 11) is 0. The van der Waals surface area contributed by atoms with Gasteiger partial charge >= 0.3 is 0 Å². The van der Waals surface area contributed by atoms with Gasteiger partial charge in [0, 0.05) is 0 Å². The molecule has 0 bridgehead atoms. The Bertz CT molecular complexity index is 618. The molecule has 1 aromatic carbocycles. The van der Waals surface area contributed by atoms with Crippen LogP contribution in [0.3, 0.4) is 0 Å². The van der Waals surface area contributed by atoms with Crippen LogP contribution in [0.1, 0.15) is 16.8 Å². The number of amides is 1. The van der Waals surface area contributed by atoms with Gasteiger partial charge in [-0.25, -0.2) is 4.98 Å². The van der Waals surface area contributed by atoms with Crippen molar-refractivity contribution in [1.29, 1.82) is 0 Å². The molecule has 2 rings (SSSR count). The van der Waals surface area contributed by atoms with Gasteiger partial charge in [-0.1, -0.05) is 23.5 Å². The molecule has 0 aliphatic rings. The van der Waals surface area contributed by atoms with Crippen molar-refractivity contribution < 1.29 is 9.53 Å². The molecule has 1 aromatic heterocycles. The number of thiazole rings is 1. The highest BCUT2D eigenvalue weighted by Crippen LogP contribution is 2.24. The van der Waals surface area contributed by atoms with Crippen molar-refractivity contribution in [2.75, 3.05) is 17.7 Å². The predicted octanol–water partition coefficient (Wildman–Crippen LogP) is 2.67. The van der Waals surface area contributed by atoms with E-state index in [0.29, 0.717) is 10.1 Å². The minimum atomic E-state index is -0.250. The lowest BCUT2D eigenvalue weighted by Gasteiger charge is -2.09. The Hall–Kier alpha value is -2.08. The maximum absolute atomic E-state index is 11.8. The minimum Gasteiger partial charge on any atom is -0.483 e. The lowest BCUT2D eigenvalue weighted by molar-refractivity contribution is -0.118. The predicted molar refractivity (Wildman–Crippen MR) is 81.3 cm³/mol. The molecular weight excluding hydrogens is 274 g/mol. The SMILES string of the molecule is Cc1ccc(C)c(OCC(=O)Nc2nc(C)c(N)s2)c1. The third-order valence-electron chi connectivity index (χ3n) is 2.78. The number of hydrogen-bond acceptors (Lipinski definition) is 5. The lowest BCUT2D eigenvalue weighted by Crippen LogP contribution is -2.20. The molecule has 3 N–H and O–H groups in total. The average molecular weight is 291 g/mol. The van der Waals surface area contributed by atoms with Crippen molar-refractivity contribution in [2.24, 2.45) is 0 Å². The fourth-order valence-electron chi connectivity index (χ4n) is 1.62. The number of hydrogen-bond donors (Lipinski definition) is 2. The molecule has 1 heterocycles. The Morgan fingerprint density at radius 2 is 2.15 bits per heavy atom. The Morgan fingerprint density at radius 3 is 2.80 bits per heavy atom. The van der Waals surface area contributed by atoms with E-state index >= 15 is 0 Å². The number of aryl methyl sites for hydroxylation is 3. The molecule has 0 atom stereocenters. The monoisotopic (exact) mass is 291 g/mol. The number of nitrogens with two attached hydrogens (primary N) is 1. The highest BCUT2D eigenvalue weighted by molar-refractivity contribution is 7.19. The van der Waals surface area contributed by atoms with Crippen LogP contribution in [0, 0.1) is 20.8 Å². The molecule has 0 saturated heterocycles. The molecule has 0 fully saturated rings. The van der Waals surface area contributed by atoms with Crippen molar-refractivity contribution in [3.8, 4) is 5.75 Å². The molecular formula is C14H17N3O2S. The van der Waals surface area contributed by atoms with Gasteiger partial charge in [0.05, 0.1) is 5.69 Å². The summed E-state index contributed by atoms with van der Waals surface area (Å²) in [6, 6.07) is 5.88. The van der Waals surface area contributed by atoms with Crippen LogP contribution < -0.4 is 15.8 Å². The standard InChI is InChI=1S/C14H17N3O2S/c1-8-4-5-9(2)11(6-8)19-7-12(18)17-14-16-10(3)13(15)20-14/h4-6H,7,15H2,1-3H3,(H,16,17,18). The van der Waals surface area contributed by atoms with Gasteiger partial charge in [0.15, 0.2) is 11.7 Å². The van der Waals surface area contributed by atoms with Crippen molar-refractivity contribution in [3.63, 3.8) is 0 Å². The van der Waals surface area contributed by atoms with Crippen LogP contribution in [0.15, 0.2) is 18.2 Å². The summed E-state index contributed by atoms with van der Waals surface area (Å²) < 4.78 is 5.52. The molecule has 0 unspecified atom stereocenters. The summed E-state index contributed by atoms with van der Waals surface area (Å²) in [6.07, 6.45) is 0. The second-order valence-corrected chi connectivity index (χ2v) is 5.61. The van der Waals surface area contributed by atoms with Crippen molar-refractivity contribution in [1.82, 2.24) is 4.98 Å². The summed E-state index contributed by atoms with van der Waals surface area (Å²) in [5.41, 5.74) is 8.50. The molecule has 1 amide bonds. The zero-order valence-electron chi connectivity index (χ0n) is 11.7. The maximum atomic E-state index is 11.8. The summed E-state index contributed by atoms with van der Waals surface area (Å²) in [4.78, 5) is 15.9. The number of aromatic nitrogens is 1. The first-order valence-electron chi connectivity index (χ1n) is 6.18. The largest absolute Gasteiger partial charge is 0.483 e. The number of nitrogens with zero attached hydrogens (tertiary/aromatic N) is 1. The van der Waals surface area contributed by atoms with Gasteiger partial charge in [-0.2, -0.15) is 0 Å². The molecule has 0 aliphatic heterocycles. The zero-order chi connectivity index (χ0) is 14.7. The van der Waals surface area contributed by atoms with Crippen molar-refractivity contribution >= 4 is 27.4 Å². The third-order valence-corrected chi connectivity index (χ3v) is 3.68. The van der Waals surface area contributed by atoms with E-state index in [-0.39, 0.29) is 12.5 Å². The molecule has 0 spiro atoms. The Balaban J connectivity index is 1.93. The molecule has 0 radical (unpaired) electrons. The first-order chi connectivity index (χ1) is 9.45. The van der Waals surface area contributed by atoms with Gasteiger partial charge < -0.3 is 10.5 Å². The molecule has 106 valence electrons. The molecule has 5 nitrogen and oxygen atoms in total. The number of nitrogen functional groups attached to an aromatic ring is 1. The van der Waals surface area contributed by atoms with Crippen LogP contribution in [0.2, 0.25) is 0 Å². The van der Waals surface area contributed by atoms with E-state index in [1.54, 1.807) is 6.92 Å². The average Bonchev–Trinajstić information content (AvgIpc) is 2.69. The fourth-order valence-corrected chi connectivity index (χ4v) is 2.37. The number of carbonyl (C=O) groups is 1. The maximum Gasteiger partial charge on any atom is 0.264 e. The van der Waals surface area contributed by atoms with Crippen LogP contribution in [0.4, 0.5) is 10.1 Å². The number of benzene rings is 1. The molecule has 0 aliphatic carbocycles. The van der Waals surface area contributed by atoms with E-state index in [4.69, 9.17) is 10.5 Å². The van der Waals surface area contributed by atoms with E-state index in [9.17, 15) is 4.79 Å². The topological polar surface area (TPSA) is 77.2 Å². The normalized spacial score (nSPS) is 10.3. The van der Waals surface area contributed by atoms with Gasteiger partial charge in [0.25, 0.3) is 5.91 Å². The van der Waals surface area contributed by atoms with Gasteiger partial charge in [-0.15, -0.1) is 0 Å². The van der Waals surface area contributed by atoms with Gasteiger partial charge in [0.1, 0.15) is 10.8 Å². The molecule has 2 aromatic rings. The van der Waals surface area contributed by atoms with E-state index in [2.05, 4.69) is 10.3 Å².